The van der Waals surface area contributed by atoms with Crippen LogP contribution in [0.3, 0.4) is 0 Å². The largest absolute Gasteiger partial charge is 0.375 e. The average molecular weight is 479 g/mol. The molecule has 31 heavy (non-hydrogen) atoms. The Balaban J connectivity index is 1.94. The quantitative estimate of drug-likeness (QED) is 0.487. The topological polar surface area (TPSA) is 74.8 Å². The van der Waals surface area contributed by atoms with Gasteiger partial charge >= 0.3 is 0 Å². The Morgan fingerprint density at radius 1 is 1.32 bits per heavy atom. The molecule has 1 atom stereocenters. The Morgan fingerprint density at radius 2 is 2.03 bits per heavy atom. The molecule has 1 N–H and O–H groups in total. The summed E-state index contributed by atoms with van der Waals surface area (Å²) in [6, 6.07) is 4.22. The maximum Gasteiger partial charge on any atom is 0.268 e. The van der Waals surface area contributed by atoms with Crippen LogP contribution in [0.5, 0.6) is 0 Å². The molecule has 0 saturated carbocycles. The van der Waals surface area contributed by atoms with Crippen LogP contribution in [-0.2, 0) is 14.8 Å². The van der Waals surface area contributed by atoms with E-state index in [4.69, 9.17) is 16.3 Å². The van der Waals surface area contributed by atoms with Gasteiger partial charge in [0.1, 0.15) is 16.7 Å². The van der Waals surface area contributed by atoms with E-state index < -0.39 is 48.9 Å². The fourth-order valence-corrected chi connectivity index (χ4v) is 5.15. The van der Waals surface area contributed by atoms with Crippen molar-refractivity contribution >= 4 is 33.1 Å². The molecule has 0 unspecified atom stereocenters. The van der Waals surface area contributed by atoms with E-state index in [1.807, 2.05) is 23.7 Å². The fraction of sp³-hybridized carbons (Fsp3) is 0.421. The first-order valence-electron chi connectivity index (χ1n) is 9.26. The molecule has 0 amide bonds. The van der Waals surface area contributed by atoms with Crippen molar-refractivity contribution < 1.29 is 26.3 Å². The number of anilines is 2. The van der Waals surface area contributed by atoms with Crippen LogP contribution in [0.2, 0.25) is 5.02 Å². The van der Waals surface area contributed by atoms with Crippen LogP contribution in [0.1, 0.15) is 6.42 Å². The molecule has 0 aliphatic carbocycles. The predicted molar refractivity (Wildman–Crippen MR) is 111 cm³/mol. The van der Waals surface area contributed by atoms with Gasteiger partial charge in [-0.25, -0.2) is 22.2 Å². The molecule has 0 spiro atoms. The van der Waals surface area contributed by atoms with Gasteiger partial charge in [-0.05, 0) is 32.6 Å². The van der Waals surface area contributed by atoms with Crippen molar-refractivity contribution in [3.8, 4) is 0 Å². The monoisotopic (exact) mass is 478 g/mol. The van der Waals surface area contributed by atoms with Crippen molar-refractivity contribution in [1.82, 2.24) is 9.88 Å². The number of hydrogen-bond donors (Lipinski definition) is 1. The van der Waals surface area contributed by atoms with Crippen molar-refractivity contribution in [2.45, 2.75) is 16.9 Å². The van der Waals surface area contributed by atoms with E-state index in [1.165, 1.54) is 6.07 Å². The lowest BCUT2D eigenvalue weighted by Crippen LogP contribution is -2.44. The van der Waals surface area contributed by atoms with Crippen molar-refractivity contribution in [2.24, 2.45) is 0 Å². The first-order chi connectivity index (χ1) is 14.5. The maximum atomic E-state index is 15.0. The summed E-state index contributed by atoms with van der Waals surface area (Å²) in [5, 5.41) is -0.536. The van der Waals surface area contributed by atoms with Crippen LogP contribution < -0.4 is 9.62 Å². The van der Waals surface area contributed by atoms with Crippen LogP contribution in [0.4, 0.5) is 24.7 Å². The first kappa shape index (κ1) is 23.6. The van der Waals surface area contributed by atoms with Crippen molar-refractivity contribution in [2.75, 3.05) is 50.5 Å². The molecule has 3 rings (SSSR count). The van der Waals surface area contributed by atoms with Crippen LogP contribution in [0, 0.1) is 17.6 Å². The number of ether oxygens (including phenoxy) is 1. The molecule has 1 aromatic heterocycles. The fourth-order valence-electron chi connectivity index (χ4n) is 3.68. The van der Waals surface area contributed by atoms with Crippen molar-refractivity contribution in [3.05, 3.63) is 46.9 Å². The van der Waals surface area contributed by atoms with Gasteiger partial charge in [-0.15, -0.1) is 0 Å². The molecule has 2 heterocycles. The number of pyridine rings is 1. The smallest absolute Gasteiger partial charge is 0.268 e. The van der Waals surface area contributed by atoms with Crippen molar-refractivity contribution in [1.29, 1.82) is 0 Å². The van der Waals surface area contributed by atoms with E-state index in [0.717, 1.165) is 18.2 Å². The highest BCUT2D eigenvalue weighted by Crippen LogP contribution is 2.38. The normalized spacial score (nSPS) is 19.3. The molecule has 1 aliphatic rings. The number of sulfonamides is 1. The molecule has 7 nitrogen and oxygen atoms in total. The zero-order valence-corrected chi connectivity index (χ0v) is 18.7. The number of methoxy groups -OCH3 is 1. The molecule has 170 valence electrons. The number of aromatic nitrogens is 1. The van der Waals surface area contributed by atoms with E-state index >= 15 is 0 Å². The molecule has 0 radical (unpaired) electrons. The summed E-state index contributed by atoms with van der Waals surface area (Å²) in [5.41, 5.74) is -0.535. The Labute approximate surface area is 183 Å². The van der Waals surface area contributed by atoms with Gasteiger partial charge in [0.05, 0.1) is 11.3 Å². The van der Waals surface area contributed by atoms with Gasteiger partial charge in [0, 0.05) is 32.8 Å². The van der Waals surface area contributed by atoms with E-state index in [1.54, 1.807) is 12.0 Å². The number of nitrogens with zero attached hydrogens (tertiary/aromatic N) is 3. The maximum absolute atomic E-state index is 15.0. The number of likely N-dealkylation sites (N-methyl/N-ethyl adjacent to an activating group) is 1. The third-order valence-corrected chi connectivity index (χ3v) is 6.76. The van der Waals surface area contributed by atoms with Crippen LogP contribution >= 0.6 is 11.6 Å². The highest BCUT2D eigenvalue weighted by atomic mass is 35.5. The molecular formula is C19H22ClF3N4O3S. The molecule has 1 fully saturated rings. The highest BCUT2D eigenvalue weighted by molar-refractivity contribution is 7.92. The lowest BCUT2D eigenvalue weighted by atomic mass is 10.0. The van der Waals surface area contributed by atoms with Crippen LogP contribution in [0.15, 0.2) is 29.2 Å². The summed E-state index contributed by atoms with van der Waals surface area (Å²) in [6.45, 7) is 1.31. The minimum Gasteiger partial charge on any atom is -0.375 e. The summed E-state index contributed by atoms with van der Waals surface area (Å²) in [4.78, 5) is 5.66. The predicted octanol–water partition coefficient (Wildman–Crippen LogP) is 3.11. The van der Waals surface area contributed by atoms with Gasteiger partial charge in [0.25, 0.3) is 10.0 Å². The van der Waals surface area contributed by atoms with E-state index in [-0.39, 0.29) is 5.69 Å². The van der Waals surface area contributed by atoms with Gasteiger partial charge in [-0.3, -0.25) is 4.72 Å². The molecule has 1 saturated heterocycles. The molecule has 2 aromatic rings. The molecular weight excluding hydrogens is 457 g/mol. The van der Waals surface area contributed by atoms with Gasteiger partial charge in [0.15, 0.2) is 10.7 Å². The van der Waals surface area contributed by atoms with Gasteiger partial charge in [0.2, 0.25) is 5.95 Å². The van der Waals surface area contributed by atoms with E-state index in [0.29, 0.717) is 26.1 Å². The van der Waals surface area contributed by atoms with E-state index in [2.05, 4.69) is 4.98 Å². The van der Waals surface area contributed by atoms with Gasteiger partial charge < -0.3 is 14.5 Å². The number of hydrogen-bond acceptors (Lipinski definition) is 6. The summed E-state index contributed by atoms with van der Waals surface area (Å²) < 4.78 is 75.7. The lowest BCUT2D eigenvalue weighted by molar-refractivity contribution is -0.0100. The Kier molecular flexibility index (Phi) is 6.70. The third-order valence-electron chi connectivity index (χ3n) is 5.01. The summed E-state index contributed by atoms with van der Waals surface area (Å²) in [7, 11) is 0.575. The minimum atomic E-state index is -4.76. The van der Waals surface area contributed by atoms with Crippen LogP contribution in [0.25, 0.3) is 0 Å². The second-order valence-corrected chi connectivity index (χ2v) is 9.58. The molecule has 0 bridgehead atoms. The summed E-state index contributed by atoms with van der Waals surface area (Å²) in [6.07, 6.45) is 0.591. The second-order valence-electron chi connectivity index (χ2n) is 7.58. The molecule has 1 aromatic carbocycles. The molecule has 12 heteroatoms. The standard InChI is InChI=1S/C19H22ClF3N4O3S/c1-26(2)10-19(30-3)7-8-27(11-19)13-9-12(21)18(17(23)16(13)20)31(28,29)25-15-6-4-5-14(22)24-15/h4-6,9H,7-8,10-11H2,1-3H3,(H,24,25)/t19-/m0/s1. The Morgan fingerprint density at radius 3 is 2.65 bits per heavy atom. The summed E-state index contributed by atoms with van der Waals surface area (Å²) >= 11 is 6.12. The number of nitrogens with one attached hydrogen (secondary N) is 1. The Bertz CT molecular complexity index is 1090. The second kappa shape index (κ2) is 8.81. The van der Waals surface area contributed by atoms with Gasteiger partial charge in [-0.1, -0.05) is 17.7 Å². The average Bonchev–Trinajstić information content (AvgIpc) is 3.07. The van der Waals surface area contributed by atoms with Gasteiger partial charge in [-0.2, -0.15) is 4.39 Å². The lowest BCUT2D eigenvalue weighted by Gasteiger charge is -2.31. The molecule has 1 aliphatic heterocycles. The number of halogens is 4. The number of benzene rings is 1. The first-order valence-corrected chi connectivity index (χ1v) is 11.1. The van der Waals surface area contributed by atoms with E-state index in [9.17, 15) is 21.6 Å². The van der Waals surface area contributed by atoms with Crippen molar-refractivity contribution in [3.63, 3.8) is 0 Å². The Hall–Kier alpha value is -2.08. The third kappa shape index (κ3) is 4.89. The zero-order valence-electron chi connectivity index (χ0n) is 17.1. The highest BCUT2D eigenvalue weighted by Gasteiger charge is 2.40. The zero-order chi connectivity index (χ0) is 23.0. The number of rotatable bonds is 7. The summed E-state index contributed by atoms with van der Waals surface area (Å²) in [5.74, 6) is -4.15. The minimum absolute atomic E-state index is 0.0252. The van der Waals surface area contributed by atoms with Crippen LogP contribution in [-0.4, -0.2) is 64.7 Å². The SMILES string of the molecule is CO[C@]1(CN(C)C)CCN(c2cc(F)c(S(=O)(=O)Nc3cccc(F)n3)c(F)c2Cl)C1.